The minimum absolute atomic E-state index is 0.356. The van der Waals surface area contributed by atoms with Crippen LogP contribution in [0.4, 0.5) is 0 Å². The minimum atomic E-state index is -1.01. The van der Waals surface area contributed by atoms with E-state index in [1.54, 1.807) is 12.1 Å². The van der Waals surface area contributed by atoms with Gasteiger partial charge in [0.2, 0.25) is 0 Å². The number of rotatable bonds is 4. The van der Waals surface area contributed by atoms with Gasteiger partial charge in [-0.3, -0.25) is 4.98 Å². The van der Waals surface area contributed by atoms with Gasteiger partial charge in [0.1, 0.15) is 5.75 Å². The molecule has 0 aliphatic heterocycles. The fourth-order valence-electron chi connectivity index (χ4n) is 0.856. The number of pyridine rings is 1. The minimum Gasteiger partial charge on any atom is -0.479 e. The second kappa shape index (κ2) is 4.57. The first-order chi connectivity index (χ1) is 6.63. The number of ether oxygens (including phenoxy) is 1. The van der Waals surface area contributed by atoms with E-state index in [2.05, 4.69) is 4.98 Å². The number of aromatic nitrogens is 1. The van der Waals surface area contributed by atoms with Crippen molar-refractivity contribution in [2.75, 3.05) is 0 Å². The number of carboxylic acids is 1. The Balaban J connectivity index is 2.64. The molecule has 1 aromatic rings. The van der Waals surface area contributed by atoms with E-state index in [0.717, 1.165) is 5.69 Å². The third-order valence-corrected chi connectivity index (χ3v) is 1.67. The maximum atomic E-state index is 10.5. The van der Waals surface area contributed by atoms with Crippen LogP contribution in [0.5, 0.6) is 5.75 Å². The molecule has 0 saturated heterocycles. The Morgan fingerprint density at radius 2 is 2.43 bits per heavy atom. The van der Waals surface area contributed by atoms with Gasteiger partial charge in [-0.05, 0) is 19.1 Å². The van der Waals surface area contributed by atoms with Crippen molar-refractivity contribution in [3.8, 4) is 5.75 Å². The van der Waals surface area contributed by atoms with Crippen LogP contribution in [0, 0.1) is 0 Å². The second-order valence-electron chi connectivity index (χ2n) is 2.79. The van der Waals surface area contributed by atoms with Crippen LogP contribution in [0.25, 0.3) is 0 Å². The monoisotopic (exact) mass is 196 g/mol. The number of carboxylic acid groups (broad SMARTS) is 1. The lowest BCUT2D eigenvalue weighted by atomic mass is 10.3. The van der Waals surface area contributed by atoms with Gasteiger partial charge in [0, 0.05) is 6.54 Å². The predicted molar refractivity (Wildman–Crippen MR) is 49.9 cm³/mol. The first-order valence-electron chi connectivity index (χ1n) is 4.18. The molecule has 0 radical (unpaired) electrons. The topological polar surface area (TPSA) is 85.4 Å². The van der Waals surface area contributed by atoms with E-state index in [4.69, 9.17) is 15.6 Å². The smallest absolute Gasteiger partial charge is 0.344 e. The van der Waals surface area contributed by atoms with Gasteiger partial charge >= 0.3 is 5.97 Å². The molecule has 1 unspecified atom stereocenters. The summed E-state index contributed by atoms with van der Waals surface area (Å²) in [5.74, 6) is -0.579. The van der Waals surface area contributed by atoms with Crippen LogP contribution >= 0.6 is 0 Å². The number of hydrogen-bond donors (Lipinski definition) is 2. The molecule has 5 nitrogen and oxygen atoms in total. The zero-order chi connectivity index (χ0) is 10.6. The molecule has 0 aliphatic carbocycles. The Bertz CT molecular complexity index is 310. The van der Waals surface area contributed by atoms with Crippen LogP contribution in [0.3, 0.4) is 0 Å². The van der Waals surface area contributed by atoms with Gasteiger partial charge < -0.3 is 15.6 Å². The maximum absolute atomic E-state index is 10.5. The molecule has 0 amide bonds. The van der Waals surface area contributed by atoms with Crippen LogP contribution in [-0.2, 0) is 11.3 Å². The average Bonchev–Trinajstić information content (AvgIpc) is 2.19. The molecule has 1 heterocycles. The molecule has 1 aromatic heterocycles. The molecule has 0 aliphatic rings. The summed E-state index contributed by atoms with van der Waals surface area (Å²) in [6, 6.07) is 3.35. The van der Waals surface area contributed by atoms with Gasteiger partial charge in [-0.1, -0.05) is 0 Å². The highest BCUT2D eigenvalue weighted by Crippen LogP contribution is 2.10. The van der Waals surface area contributed by atoms with Crippen molar-refractivity contribution in [3.63, 3.8) is 0 Å². The molecule has 5 heteroatoms. The van der Waals surface area contributed by atoms with Crippen molar-refractivity contribution >= 4 is 5.97 Å². The lowest BCUT2D eigenvalue weighted by molar-refractivity contribution is -0.144. The molecule has 14 heavy (non-hydrogen) atoms. The van der Waals surface area contributed by atoms with E-state index in [1.165, 1.54) is 13.1 Å². The summed E-state index contributed by atoms with van der Waals surface area (Å²) in [6.45, 7) is 1.81. The molecule has 0 saturated carbocycles. The summed E-state index contributed by atoms with van der Waals surface area (Å²) in [7, 11) is 0. The van der Waals surface area contributed by atoms with Gasteiger partial charge in [-0.25, -0.2) is 4.79 Å². The molecular formula is C9H12N2O3. The Morgan fingerprint density at radius 3 is 2.86 bits per heavy atom. The fourth-order valence-corrected chi connectivity index (χ4v) is 0.856. The zero-order valence-electron chi connectivity index (χ0n) is 7.80. The van der Waals surface area contributed by atoms with E-state index >= 15 is 0 Å². The van der Waals surface area contributed by atoms with Crippen molar-refractivity contribution < 1.29 is 14.6 Å². The highest BCUT2D eigenvalue weighted by molar-refractivity contribution is 5.72. The summed E-state index contributed by atoms with van der Waals surface area (Å²) >= 11 is 0. The normalized spacial score (nSPS) is 12.1. The summed E-state index contributed by atoms with van der Waals surface area (Å²) < 4.78 is 5.07. The second-order valence-corrected chi connectivity index (χ2v) is 2.79. The number of nitrogens with two attached hydrogens (primary N) is 1. The first-order valence-corrected chi connectivity index (χ1v) is 4.18. The Hall–Kier alpha value is -1.62. The van der Waals surface area contributed by atoms with E-state index in [0.29, 0.717) is 12.3 Å². The van der Waals surface area contributed by atoms with Crippen molar-refractivity contribution in [3.05, 3.63) is 24.0 Å². The van der Waals surface area contributed by atoms with Gasteiger partial charge in [0.25, 0.3) is 0 Å². The molecule has 3 N–H and O–H groups in total. The number of hydrogen-bond acceptors (Lipinski definition) is 4. The number of nitrogens with zero attached hydrogens (tertiary/aromatic N) is 1. The van der Waals surface area contributed by atoms with Crippen molar-refractivity contribution in [1.29, 1.82) is 0 Å². The third kappa shape index (κ3) is 2.70. The molecule has 1 atom stereocenters. The zero-order valence-corrected chi connectivity index (χ0v) is 7.80. The largest absolute Gasteiger partial charge is 0.479 e. The standard InChI is InChI=1S/C9H12N2O3/c1-6(9(12)13)14-8-3-2-7(4-10)11-5-8/h2-3,5-6H,4,10H2,1H3,(H,12,13). The van der Waals surface area contributed by atoms with Crippen LogP contribution in [0.2, 0.25) is 0 Å². The number of aliphatic carboxylic acids is 1. The first kappa shape index (κ1) is 10.5. The Morgan fingerprint density at radius 1 is 1.71 bits per heavy atom. The summed E-state index contributed by atoms with van der Waals surface area (Å²) in [6.07, 6.45) is 0.585. The summed E-state index contributed by atoms with van der Waals surface area (Å²) in [5.41, 5.74) is 6.09. The molecule has 0 spiro atoms. The molecule has 0 aromatic carbocycles. The van der Waals surface area contributed by atoms with Crippen LogP contribution < -0.4 is 10.5 Å². The molecular weight excluding hydrogens is 184 g/mol. The van der Waals surface area contributed by atoms with Gasteiger partial charge in [0.15, 0.2) is 6.10 Å². The van der Waals surface area contributed by atoms with E-state index in [1.807, 2.05) is 0 Å². The predicted octanol–water partition coefficient (Wildman–Crippen LogP) is 0.392. The Kier molecular flexibility index (Phi) is 3.41. The van der Waals surface area contributed by atoms with Crippen molar-refractivity contribution in [1.82, 2.24) is 4.98 Å². The van der Waals surface area contributed by atoms with E-state index in [9.17, 15) is 4.79 Å². The van der Waals surface area contributed by atoms with Crippen molar-refractivity contribution in [2.45, 2.75) is 19.6 Å². The molecule has 1 rings (SSSR count). The lowest BCUT2D eigenvalue weighted by Crippen LogP contribution is -2.22. The van der Waals surface area contributed by atoms with Gasteiger partial charge in [-0.15, -0.1) is 0 Å². The number of carbonyl (C=O) groups is 1. The van der Waals surface area contributed by atoms with Gasteiger partial charge in [0.05, 0.1) is 11.9 Å². The highest BCUT2D eigenvalue weighted by atomic mass is 16.5. The quantitative estimate of drug-likeness (QED) is 0.727. The SMILES string of the molecule is CC(Oc1ccc(CN)nc1)C(=O)O. The van der Waals surface area contributed by atoms with E-state index < -0.39 is 12.1 Å². The third-order valence-electron chi connectivity index (χ3n) is 1.67. The lowest BCUT2D eigenvalue weighted by Gasteiger charge is -2.09. The van der Waals surface area contributed by atoms with Crippen LogP contribution in [-0.4, -0.2) is 22.2 Å². The van der Waals surface area contributed by atoms with Gasteiger partial charge in [-0.2, -0.15) is 0 Å². The highest BCUT2D eigenvalue weighted by Gasteiger charge is 2.12. The summed E-state index contributed by atoms with van der Waals surface area (Å²) in [4.78, 5) is 14.4. The summed E-state index contributed by atoms with van der Waals surface area (Å²) in [5, 5.41) is 8.58. The van der Waals surface area contributed by atoms with Crippen LogP contribution in [0.1, 0.15) is 12.6 Å². The van der Waals surface area contributed by atoms with Crippen LogP contribution in [0.15, 0.2) is 18.3 Å². The molecule has 0 bridgehead atoms. The average molecular weight is 196 g/mol. The Labute approximate surface area is 81.5 Å². The molecule has 0 fully saturated rings. The fraction of sp³-hybridized carbons (Fsp3) is 0.333. The van der Waals surface area contributed by atoms with E-state index in [-0.39, 0.29) is 0 Å². The maximum Gasteiger partial charge on any atom is 0.344 e. The molecule has 76 valence electrons. The van der Waals surface area contributed by atoms with Crippen molar-refractivity contribution in [2.24, 2.45) is 5.73 Å².